The average Bonchev–Trinajstić information content (AvgIpc) is 2.66. The topological polar surface area (TPSA) is 74.6 Å². The Hall–Kier alpha value is -2.22. The highest BCUT2D eigenvalue weighted by Gasteiger charge is 2.22. The van der Waals surface area contributed by atoms with Gasteiger partial charge in [0.15, 0.2) is 12.0 Å². The number of aromatic nitrogens is 1. The third-order valence-corrected chi connectivity index (χ3v) is 5.09. The fourth-order valence-electron chi connectivity index (χ4n) is 3.42. The van der Waals surface area contributed by atoms with E-state index in [1.165, 1.54) is 6.07 Å². The summed E-state index contributed by atoms with van der Waals surface area (Å²) in [5.74, 6) is -1.09. The number of likely N-dealkylation sites (N-methyl/N-ethyl adjacent to an activating group) is 1. The molecule has 0 aliphatic heterocycles. The van der Waals surface area contributed by atoms with Crippen LogP contribution in [0.2, 0.25) is 5.02 Å². The van der Waals surface area contributed by atoms with E-state index in [9.17, 15) is 19.1 Å². The summed E-state index contributed by atoms with van der Waals surface area (Å²) in [6.07, 6.45) is 0.514. The predicted molar refractivity (Wildman–Crippen MR) is 112 cm³/mol. The van der Waals surface area contributed by atoms with Crippen molar-refractivity contribution in [2.75, 3.05) is 20.6 Å². The number of nitrogens with one attached hydrogen (secondary N) is 1. The predicted octanol–water partition coefficient (Wildman–Crippen LogP) is 3.13. The van der Waals surface area contributed by atoms with E-state index in [0.717, 1.165) is 5.56 Å². The van der Waals surface area contributed by atoms with Crippen LogP contribution < -0.4 is 10.7 Å². The summed E-state index contributed by atoms with van der Waals surface area (Å²) in [6.45, 7) is 5.61. The molecule has 0 saturated carbocycles. The lowest BCUT2D eigenvalue weighted by atomic mass is 9.98. The van der Waals surface area contributed by atoms with Crippen LogP contribution >= 0.6 is 11.6 Å². The number of aldehydes is 1. The monoisotopic (exact) mass is 423 g/mol. The Balaban J connectivity index is 2.33. The molecular weight excluding hydrogens is 397 g/mol. The molecule has 1 heterocycles. The van der Waals surface area contributed by atoms with Crippen LogP contribution in [0.5, 0.6) is 5.75 Å². The molecule has 0 aliphatic carbocycles. The quantitative estimate of drug-likeness (QED) is 0.606. The van der Waals surface area contributed by atoms with Crippen LogP contribution in [0.15, 0.2) is 23.0 Å². The molecule has 2 aromatic rings. The number of nitrogens with zero attached hydrogens (tertiary/aromatic N) is 2. The van der Waals surface area contributed by atoms with Gasteiger partial charge in [-0.1, -0.05) is 31.5 Å². The van der Waals surface area contributed by atoms with Gasteiger partial charge in [0.1, 0.15) is 11.5 Å². The summed E-state index contributed by atoms with van der Waals surface area (Å²) in [7, 11) is 3.65. The molecular formula is C21H27ClFN3O3. The van der Waals surface area contributed by atoms with Crippen molar-refractivity contribution in [2.24, 2.45) is 0 Å². The zero-order valence-corrected chi connectivity index (χ0v) is 17.9. The van der Waals surface area contributed by atoms with Gasteiger partial charge in [-0.3, -0.25) is 9.59 Å². The van der Waals surface area contributed by atoms with Crippen molar-refractivity contribution in [1.29, 1.82) is 0 Å². The fraction of sp³-hybridized carbons (Fsp3) is 0.429. The van der Waals surface area contributed by atoms with E-state index in [-0.39, 0.29) is 16.6 Å². The van der Waals surface area contributed by atoms with E-state index in [2.05, 4.69) is 5.32 Å². The number of carbonyl (C=O) groups is 1. The normalized spacial score (nSPS) is 11.4. The Labute approximate surface area is 174 Å². The van der Waals surface area contributed by atoms with Crippen molar-refractivity contribution in [3.8, 4) is 5.75 Å². The van der Waals surface area contributed by atoms with Gasteiger partial charge in [-0.15, -0.1) is 0 Å². The van der Waals surface area contributed by atoms with Crippen LogP contribution in [0.1, 0.15) is 47.1 Å². The van der Waals surface area contributed by atoms with Crippen LogP contribution in [-0.4, -0.2) is 41.5 Å². The lowest BCUT2D eigenvalue weighted by molar-refractivity contribution is 0.111. The SMILES string of the molecule is CNCc1c(C(C)C)c(=O)c(O)c(C=O)n1CCN(C)Cc1ccc(F)c(Cl)c1. The van der Waals surface area contributed by atoms with Crippen LogP contribution in [0, 0.1) is 5.82 Å². The van der Waals surface area contributed by atoms with Crippen LogP contribution in [0.25, 0.3) is 0 Å². The van der Waals surface area contributed by atoms with E-state index in [4.69, 9.17) is 11.6 Å². The minimum Gasteiger partial charge on any atom is -0.503 e. The molecule has 6 nitrogen and oxygen atoms in total. The summed E-state index contributed by atoms with van der Waals surface area (Å²) in [6, 6.07) is 4.58. The van der Waals surface area contributed by atoms with Gasteiger partial charge >= 0.3 is 0 Å². The smallest absolute Gasteiger partial charge is 0.227 e. The number of hydrogen-bond donors (Lipinski definition) is 2. The highest BCUT2D eigenvalue weighted by molar-refractivity contribution is 6.30. The molecule has 0 unspecified atom stereocenters. The Bertz CT molecular complexity index is 944. The van der Waals surface area contributed by atoms with Gasteiger partial charge in [-0.05, 0) is 37.7 Å². The maximum Gasteiger partial charge on any atom is 0.227 e. The first-order valence-corrected chi connectivity index (χ1v) is 9.79. The van der Waals surface area contributed by atoms with Crippen LogP contribution in [-0.2, 0) is 19.6 Å². The number of rotatable bonds is 9. The highest BCUT2D eigenvalue weighted by atomic mass is 35.5. The molecule has 0 spiro atoms. The fourth-order valence-corrected chi connectivity index (χ4v) is 3.62. The zero-order valence-electron chi connectivity index (χ0n) is 17.1. The Morgan fingerprint density at radius 3 is 2.62 bits per heavy atom. The van der Waals surface area contributed by atoms with Gasteiger partial charge in [-0.2, -0.15) is 0 Å². The van der Waals surface area contributed by atoms with E-state index >= 15 is 0 Å². The summed E-state index contributed by atoms with van der Waals surface area (Å²) in [5, 5.41) is 13.4. The minimum atomic E-state index is -0.517. The molecule has 0 aliphatic rings. The van der Waals surface area contributed by atoms with Crippen LogP contribution in [0.3, 0.4) is 0 Å². The largest absolute Gasteiger partial charge is 0.503 e. The molecule has 2 rings (SSSR count). The highest BCUT2D eigenvalue weighted by Crippen LogP contribution is 2.23. The van der Waals surface area contributed by atoms with E-state index in [0.29, 0.717) is 43.7 Å². The first-order chi connectivity index (χ1) is 13.7. The van der Waals surface area contributed by atoms with Gasteiger partial charge in [0, 0.05) is 37.4 Å². The molecule has 0 fully saturated rings. The average molecular weight is 424 g/mol. The second-order valence-corrected chi connectivity index (χ2v) is 7.77. The molecule has 0 bridgehead atoms. The number of benzene rings is 1. The van der Waals surface area contributed by atoms with Gasteiger partial charge in [0.25, 0.3) is 0 Å². The Morgan fingerprint density at radius 2 is 2.07 bits per heavy atom. The van der Waals surface area contributed by atoms with Crippen LogP contribution in [0.4, 0.5) is 4.39 Å². The van der Waals surface area contributed by atoms with Crippen molar-refractivity contribution in [3.05, 3.63) is 61.8 Å². The molecule has 2 N–H and O–H groups in total. The number of hydrogen-bond acceptors (Lipinski definition) is 5. The number of aromatic hydroxyl groups is 1. The molecule has 158 valence electrons. The number of carbonyl (C=O) groups excluding carboxylic acids is 1. The molecule has 0 amide bonds. The van der Waals surface area contributed by atoms with Crippen molar-refractivity contribution < 1.29 is 14.3 Å². The molecule has 29 heavy (non-hydrogen) atoms. The van der Waals surface area contributed by atoms with Crippen molar-refractivity contribution in [1.82, 2.24) is 14.8 Å². The van der Waals surface area contributed by atoms with E-state index in [1.807, 2.05) is 25.8 Å². The first-order valence-electron chi connectivity index (χ1n) is 9.42. The second kappa shape index (κ2) is 10.0. The lowest BCUT2D eigenvalue weighted by Gasteiger charge is -2.24. The third-order valence-electron chi connectivity index (χ3n) is 4.80. The van der Waals surface area contributed by atoms with Gasteiger partial charge in [0.05, 0.1) is 5.02 Å². The molecule has 0 saturated heterocycles. The van der Waals surface area contributed by atoms with Gasteiger partial charge in [0.2, 0.25) is 5.43 Å². The van der Waals surface area contributed by atoms with E-state index in [1.54, 1.807) is 23.7 Å². The van der Waals surface area contributed by atoms with Gasteiger partial charge < -0.3 is 19.9 Å². The van der Waals surface area contributed by atoms with Gasteiger partial charge in [-0.25, -0.2) is 4.39 Å². The van der Waals surface area contributed by atoms with Crippen molar-refractivity contribution in [3.63, 3.8) is 0 Å². The molecule has 8 heteroatoms. The Morgan fingerprint density at radius 1 is 1.38 bits per heavy atom. The Kier molecular flexibility index (Phi) is 7.96. The number of pyridine rings is 1. The second-order valence-electron chi connectivity index (χ2n) is 7.36. The lowest BCUT2D eigenvalue weighted by Crippen LogP contribution is -2.30. The van der Waals surface area contributed by atoms with E-state index < -0.39 is 17.0 Å². The zero-order chi connectivity index (χ0) is 21.7. The van der Waals surface area contributed by atoms with Crippen molar-refractivity contribution in [2.45, 2.75) is 39.4 Å². The minimum absolute atomic E-state index is 0.0251. The molecule has 1 aromatic carbocycles. The standard InChI is InChI=1S/C21H27ClFN3O3/c1-13(2)19-17(10-24-3)26(18(12-27)20(28)21(19)29)8-7-25(4)11-14-5-6-16(23)15(22)9-14/h5-6,9,12-13,24,28H,7-8,10-11H2,1-4H3. The maximum atomic E-state index is 13.3. The summed E-state index contributed by atoms with van der Waals surface area (Å²) < 4.78 is 15.0. The summed E-state index contributed by atoms with van der Waals surface area (Å²) >= 11 is 5.84. The summed E-state index contributed by atoms with van der Waals surface area (Å²) in [4.78, 5) is 26.2. The van der Waals surface area contributed by atoms with Crippen molar-refractivity contribution >= 4 is 17.9 Å². The summed E-state index contributed by atoms with van der Waals surface area (Å²) in [5.41, 5.74) is 1.51. The maximum absolute atomic E-state index is 13.3. The first kappa shape index (κ1) is 23.1. The molecule has 0 atom stereocenters. The number of halogens is 2. The molecule has 0 radical (unpaired) electrons. The third kappa shape index (κ3) is 5.23. The molecule has 1 aromatic heterocycles.